The Bertz CT molecular complexity index is 374. The Balaban J connectivity index is 2.67. The monoisotopic (exact) mass is 238 g/mol. The Hall–Kier alpha value is -1.55. The van der Waals surface area contributed by atoms with Crippen molar-refractivity contribution in [3.05, 3.63) is 29.3 Å². The van der Waals surface area contributed by atoms with Crippen molar-refractivity contribution in [1.29, 1.82) is 0 Å². The smallest absolute Gasteiger partial charge is 0.303 e. The van der Waals surface area contributed by atoms with Gasteiger partial charge in [-0.25, -0.2) is 0 Å². The number of aliphatic carboxylic acids is 1. The normalized spacial score (nSPS) is 10.2. The van der Waals surface area contributed by atoms with Gasteiger partial charge in [0.25, 0.3) is 0 Å². The van der Waals surface area contributed by atoms with E-state index in [2.05, 4.69) is 0 Å². The zero-order valence-electron chi connectivity index (χ0n) is 10.2. The van der Waals surface area contributed by atoms with E-state index in [4.69, 9.17) is 14.6 Å². The van der Waals surface area contributed by atoms with Gasteiger partial charge in [0.1, 0.15) is 5.75 Å². The van der Waals surface area contributed by atoms with Crippen LogP contribution in [0.5, 0.6) is 5.75 Å². The molecule has 1 aromatic carbocycles. The molecule has 4 heteroatoms. The molecular formula is C13H18O4. The highest BCUT2D eigenvalue weighted by molar-refractivity contribution is 5.66. The molecule has 94 valence electrons. The summed E-state index contributed by atoms with van der Waals surface area (Å²) < 4.78 is 10.3. The molecule has 1 rings (SSSR count). The Labute approximate surface area is 101 Å². The van der Waals surface area contributed by atoms with Crippen LogP contribution in [0.2, 0.25) is 0 Å². The molecule has 0 aliphatic rings. The number of benzene rings is 1. The van der Waals surface area contributed by atoms with Crippen LogP contribution in [0.4, 0.5) is 0 Å². The van der Waals surface area contributed by atoms with Gasteiger partial charge in [-0.1, -0.05) is 6.07 Å². The second kappa shape index (κ2) is 6.91. The Morgan fingerprint density at radius 1 is 1.35 bits per heavy atom. The van der Waals surface area contributed by atoms with Crippen LogP contribution in [0.15, 0.2) is 18.2 Å². The number of methoxy groups -OCH3 is 2. The fourth-order valence-corrected chi connectivity index (χ4v) is 1.70. The van der Waals surface area contributed by atoms with Crippen molar-refractivity contribution in [3.63, 3.8) is 0 Å². The topological polar surface area (TPSA) is 55.8 Å². The zero-order valence-corrected chi connectivity index (χ0v) is 10.2. The van der Waals surface area contributed by atoms with Crippen LogP contribution in [0.25, 0.3) is 0 Å². The summed E-state index contributed by atoms with van der Waals surface area (Å²) in [5.74, 6) is 0.0458. The van der Waals surface area contributed by atoms with Crippen molar-refractivity contribution in [1.82, 2.24) is 0 Å². The highest BCUT2D eigenvalue weighted by Gasteiger charge is 2.05. The van der Waals surface area contributed by atoms with Gasteiger partial charge in [-0.15, -0.1) is 0 Å². The van der Waals surface area contributed by atoms with Crippen molar-refractivity contribution >= 4 is 5.97 Å². The lowest BCUT2D eigenvalue weighted by Crippen LogP contribution is -1.98. The summed E-state index contributed by atoms with van der Waals surface area (Å²) in [7, 11) is 3.26. The fourth-order valence-electron chi connectivity index (χ4n) is 1.70. The number of ether oxygens (including phenoxy) is 2. The van der Waals surface area contributed by atoms with Gasteiger partial charge in [0.2, 0.25) is 0 Å². The third-order valence-corrected chi connectivity index (χ3v) is 2.50. The molecule has 0 saturated heterocycles. The lowest BCUT2D eigenvalue weighted by molar-refractivity contribution is -0.137. The molecule has 0 radical (unpaired) electrons. The first-order valence-corrected chi connectivity index (χ1v) is 5.54. The Kier molecular flexibility index (Phi) is 5.49. The number of carbonyl (C=O) groups is 1. The summed E-state index contributed by atoms with van der Waals surface area (Å²) in [6.45, 7) is 0.496. The fraction of sp³-hybridized carbons (Fsp3) is 0.462. The molecule has 0 atom stereocenters. The second-order valence-electron chi connectivity index (χ2n) is 3.83. The standard InChI is InChI=1S/C13H18O4/c1-16-9-11-8-10(4-3-5-13(14)15)6-7-12(11)17-2/h6-8H,3-5,9H2,1-2H3,(H,14,15). The SMILES string of the molecule is COCc1cc(CCCC(=O)O)ccc1OC. The molecule has 0 amide bonds. The van der Waals surface area contributed by atoms with Crippen LogP contribution in [0.3, 0.4) is 0 Å². The number of aryl methyl sites for hydroxylation is 1. The van der Waals surface area contributed by atoms with Crippen molar-refractivity contribution in [2.24, 2.45) is 0 Å². The molecule has 0 aliphatic heterocycles. The maximum Gasteiger partial charge on any atom is 0.303 e. The van der Waals surface area contributed by atoms with E-state index < -0.39 is 5.97 Å². The van der Waals surface area contributed by atoms with E-state index >= 15 is 0 Å². The summed E-state index contributed by atoms with van der Waals surface area (Å²) in [5, 5.41) is 8.57. The number of hydrogen-bond donors (Lipinski definition) is 1. The highest BCUT2D eigenvalue weighted by atomic mass is 16.5. The second-order valence-corrected chi connectivity index (χ2v) is 3.83. The summed E-state index contributed by atoms with van der Waals surface area (Å²) in [5.41, 5.74) is 2.10. The first kappa shape index (κ1) is 13.5. The third-order valence-electron chi connectivity index (χ3n) is 2.50. The van der Waals surface area contributed by atoms with Crippen LogP contribution in [-0.4, -0.2) is 25.3 Å². The van der Waals surface area contributed by atoms with Crippen molar-refractivity contribution in [3.8, 4) is 5.75 Å². The molecular weight excluding hydrogens is 220 g/mol. The minimum Gasteiger partial charge on any atom is -0.496 e. The van der Waals surface area contributed by atoms with E-state index in [1.807, 2.05) is 18.2 Å². The molecule has 0 aromatic heterocycles. The number of hydrogen-bond acceptors (Lipinski definition) is 3. The summed E-state index contributed by atoms with van der Waals surface area (Å²) >= 11 is 0. The first-order chi connectivity index (χ1) is 8.17. The van der Waals surface area contributed by atoms with Gasteiger partial charge in [0.05, 0.1) is 13.7 Å². The number of rotatable bonds is 7. The van der Waals surface area contributed by atoms with Gasteiger partial charge in [-0.3, -0.25) is 4.79 Å². The predicted octanol–water partition coefficient (Wildman–Crippen LogP) is 2.25. The van der Waals surface area contributed by atoms with Crippen molar-refractivity contribution in [2.75, 3.05) is 14.2 Å². The molecule has 0 spiro atoms. The quantitative estimate of drug-likeness (QED) is 0.791. The summed E-state index contributed by atoms with van der Waals surface area (Å²) in [4.78, 5) is 10.4. The largest absolute Gasteiger partial charge is 0.496 e. The minimum absolute atomic E-state index is 0.200. The molecule has 0 heterocycles. The van der Waals surface area contributed by atoms with Crippen molar-refractivity contribution in [2.45, 2.75) is 25.9 Å². The Morgan fingerprint density at radius 3 is 2.71 bits per heavy atom. The molecule has 0 bridgehead atoms. The maximum atomic E-state index is 10.4. The predicted molar refractivity (Wildman–Crippen MR) is 64.3 cm³/mol. The van der Waals surface area contributed by atoms with Gasteiger partial charge >= 0.3 is 5.97 Å². The van der Waals surface area contributed by atoms with Crippen LogP contribution < -0.4 is 4.74 Å². The van der Waals surface area contributed by atoms with E-state index in [0.717, 1.165) is 23.3 Å². The molecule has 1 N–H and O–H groups in total. The number of carboxylic acid groups (broad SMARTS) is 1. The summed E-state index contributed by atoms with van der Waals surface area (Å²) in [6.07, 6.45) is 1.60. The molecule has 0 saturated carbocycles. The van der Waals surface area contributed by atoms with Crippen LogP contribution in [0, 0.1) is 0 Å². The lowest BCUT2D eigenvalue weighted by atomic mass is 10.0. The van der Waals surface area contributed by atoms with Gasteiger partial charge in [0, 0.05) is 19.1 Å². The molecule has 0 fully saturated rings. The van der Waals surface area contributed by atoms with E-state index in [9.17, 15) is 4.79 Å². The molecule has 0 aliphatic carbocycles. The van der Waals surface area contributed by atoms with Crippen LogP contribution in [-0.2, 0) is 22.6 Å². The van der Waals surface area contributed by atoms with Crippen molar-refractivity contribution < 1.29 is 19.4 Å². The van der Waals surface area contributed by atoms with E-state index in [-0.39, 0.29) is 6.42 Å². The zero-order chi connectivity index (χ0) is 12.7. The van der Waals surface area contributed by atoms with Gasteiger partial charge < -0.3 is 14.6 Å². The molecule has 1 aromatic rings. The highest BCUT2D eigenvalue weighted by Crippen LogP contribution is 2.21. The maximum absolute atomic E-state index is 10.4. The Morgan fingerprint density at radius 2 is 2.12 bits per heavy atom. The molecule has 4 nitrogen and oxygen atoms in total. The average Bonchev–Trinajstić information content (AvgIpc) is 2.29. The van der Waals surface area contributed by atoms with Gasteiger partial charge in [0.15, 0.2) is 0 Å². The van der Waals surface area contributed by atoms with Gasteiger partial charge in [-0.2, -0.15) is 0 Å². The average molecular weight is 238 g/mol. The van der Waals surface area contributed by atoms with E-state index in [1.165, 1.54) is 0 Å². The van der Waals surface area contributed by atoms with Crippen LogP contribution in [0.1, 0.15) is 24.0 Å². The van der Waals surface area contributed by atoms with Crippen LogP contribution >= 0.6 is 0 Å². The van der Waals surface area contributed by atoms with E-state index in [1.54, 1.807) is 14.2 Å². The molecule has 17 heavy (non-hydrogen) atoms. The third kappa shape index (κ3) is 4.44. The molecule has 0 unspecified atom stereocenters. The minimum atomic E-state index is -0.754. The summed E-state index contributed by atoms with van der Waals surface area (Å²) in [6, 6.07) is 5.86. The number of carboxylic acids is 1. The van der Waals surface area contributed by atoms with Gasteiger partial charge in [-0.05, 0) is 30.5 Å². The van der Waals surface area contributed by atoms with E-state index in [0.29, 0.717) is 13.0 Å². The lowest BCUT2D eigenvalue weighted by Gasteiger charge is -2.09. The first-order valence-electron chi connectivity index (χ1n) is 5.54.